The van der Waals surface area contributed by atoms with Crippen molar-refractivity contribution in [1.29, 1.82) is 0 Å². The number of nitrogens with one attached hydrogen (secondary N) is 1. The predicted octanol–water partition coefficient (Wildman–Crippen LogP) is 0.763. The molecule has 0 saturated carbocycles. The lowest BCUT2D eigenvalue weighted by atomic mass is 10.2. The lowest BCUT2D eigenvalue weighted by Gasteiger charge is -2.30. The molecule has 1 aromatic rings. The van der Waals surface area contributed by atoms with Gasteiger partial charge in [-0.05, 0) is 37.1 Å². The van der Waals surface area contributed by atoms with E-state index in [-0.39, 0.29) is 30.8 Å². The van der Waals surface area contributed by atoms with Gasteiger partial charge in [-0.1, -0.05) is 15.9 Å². The zero-order valence-corrected chi connectivity index (χ0v) is 16.3. The number of sulfone groups is 1. The van der Waals surface area contributed by atoms with Gasteiger partial charge < -0.3 is 5.32 Å². The maximum absolute atomic E-state index is 12.6. The minimum atomic E-state index is -3.64. The van der Waals surface area contributed by atoms with Gasteiger partial charge in [0, 0.05) is 24.6 Å². The zero-order chi connectivity index (χ0) is 18.0. The summed E-state index contributed by atoms with van der Waals surface area (Å²) in [7, 11) is -5.83. The van der Waals surface area contributed by atoms with E-state index in [9.17, 15) is 21.6 Å². The number of nitrogens with zero attached hydrogens (tertiary/aromatic N) is 1. The molecule has 1 fully saturated rings. The predicted molar refractivity (Wildman–Crippen MR) is 93.8 cm³/mol. The van der Waals surface area contributed by atoms with Gasteiger partial charge in [-0.15, -0.1) is 0 Å². The quantitative estimate of drug-likeness (QED) is 0.731. The molecule has 1 saturated heterocycles. The van der Waals surface area contributed by atoms with Crippen molar-refractivity contribution in [3.63, 3.8) is 0 Å². The van der Waals surface area contributed by atoms with Crippen molar-refractivity contribution in [3.05, 3.63) is 28.7 Å². The molecule has 0 unspecified atom stereocenters. The van der Waals surface area contributed by atoms with Gasteiger partial charge in [0.25, 0.3) is 0 Å². The van der Waals surface area contributed by atoms with E-state index in [1.54, 1.807) is 12.1 Å². The number of carbonyl (C=O) groups is 1. The molecule has 0 bridgehead atoms. The van der Waals surface area contributed by atoms with Crippen molar-refractivity contribution < 1.29 is 21.6 Å². The van der Waals surface area contributed by atoms with Crippen molar-refractivity contribution in [2.75, 3.05) is 25.9 Å². The monoisotopic (exact) mass is 438 g/mol. The normalized spacial score (nSPS) is 17.6. The topological polar surface area (TPSA) is 101 Å². The van der Waals surface area contributed by atoms with E-state index in [1.165, 1.54) is 23.5 Å². The number of sulfonamides is 1. The first-order valence-corrected chi connectivity index (χ1v) is 11.3. The van der Waals surface area contributed by atoms with Crippen molar-refractivity contribution in [2.45, 2.75) is 23.0 Å². The summed E-state index contributed by atoms with van der Waals surface area (Å²) in [6.07, 6.45) is 0.379. The smallest absolute Gasteiger partial charge is 0.243 e. The number of carbonyl (C=O) groups excluding carboxylic acids is 1. The maximum Gasteiger partial charge on any atom is 0.243 e. The molecule has 0 radical (unpaired) electrons. The third-order valence-corrected chi connectivity index (χ3v) is 8.56. The Morgan fingerprint density at radius 1 is 1.17 bits per heavy atom. The average Bonchev–Trinajstić information content (AvgIpc) is 2.55. The summed E-state index contributed by atoms with van der Waals surface area (Å²) in [5.41, 5.74) is 0. The Kier molecular flexibility index (Phi) is 6.05. The van der Waals surface area contributed by atoms with Crippen molar-refractivity contribution in [1.82, 2.24) is 9.62 Å². The highest BCUT2D eigenvalue weighted by atomic mass is 79.9. The molecule has 1 aliphatic rings. The van der Waals surface area contributed by atoms with Gasteiger partial charge in [0.15, 0.2) is 9.84 Å². The highest BCUT2D eigenvalue weighted by Gasteiger charge is 2.35. The maximum atomic E-state index is 12.6. The van der Waals surface area contributed by atoms with E-state index < -0.39 is 36.8 Å². The zero-order valence-electron chi connectivity index (χ0n) is 13.1. The molecule has 1 amide bonds. The Morgan fingerprint density at radius 2 is 1.71 bits per heavy atom. The van der Waals surface area contributed by atoms with Gasteiger partial charge in [0.05, 0.1) is 10.1 Å². The molecular weight excluding hydrogens is 420 g/mol. The number of hydrogen-bond acceptors (Lipinski definition) is 5. The highest BCUT2D eigenvalue weighted by Crippen LogP contribution is 2.25. The Bertz CT molecular complexity index is 798. The minimum absolute atomic E-state index is 0.121. The molecule has 0 aliphatic carbocycles. The largest absolute Gasteiger partial charge is 0.358 e. The first-order valence-electron chi connectivity index (χ1n) is 7.34. The molecule has 10 heteroatoms. The SMILES string of the molecule is CNC(=O)CS(=O)(=O)C1CCN(S(=O)(=O)c2ccc(Br)cc2)CC1. The molecule has 7 nitrogen and oxygen atoms in total. The number of rotatable bonds is 5. The van der Waals surface area contributed by atoms with Crippen LogP contribution >= 0.6 is 15.9 Å². The summed E-state index contributed by atoms with van der Waals surface area (Å²) in [6.45, 7) is 0.242. The van der Waals surface area contributed by atoms with Crippen LogP contribution in [-0.4, -0.2) is 58.2 Å². The summed E-state index contributed by atoms with van der Waals surface area (Å²) in [5.74, 6) is -1.12. The lowest BCUT2D eigenvalue weighted by molar-refractivity contribution is -0.118. The average molecular weight is 439 g/mol. The number of hydrogen-bond donors (Lipinski definition) is 1. The summed E-state index contributed by atoms with van der Waals surface area (Å²) in [5, 5.41) is 1.60. The Morgan fingerprint density at radius 3 is 2.21 bits per heavy atom. The van der Waals surface area contributed by atoms with Crippen LogP contribution < -0.4 is 5.32 Å². The van der Waals surface area contributed by atoms with Crippen LogP contribution in [0.4, 0.5) is 0 Å². The molecule has 24 heavy (non-hydrogen) atoms. The number of benzene rings is 1. The van der Waals surface area contributed by atoms with E-state index in [0.29, 0.717) is 0 Å². The van der Waals surface area contributed by atoms with E-state index in [2.05, 4.69) is 21.2 Å². The van der Waals surface area contributed by atoms with E-state index in [0.717, 1.165) is 4.47 Å². The van der Waals surface area contributed by atoms with Crippen LogP contribution in [-0.2, 0) is 24.7 Å². The van der Waals surface area contributed by atoms with Crippen LogP contribution in [0.3, 0.4) is 0 Å². The summed E-state index contributed by atoms with van der Waals surface area (Å²) >= 11 is 3.26. The second kappa shape index (κ2) is 7.51. The highest BCUT2D eigenvalue weighted by molar-refractivity contribution is 9.10. The van der Waals surface area contributed by atoms with Crippen LogP contribution in [0, 0.1) is 0 Å². The fraction of sp³-hybridized carbons (Fsp3) is 0.500. The molecule has 134 valence electrons. The third kappa shape index (κ3) is 4.35. The van der Waals surface area contributed by atoms with Crippen molar-refractivity contribution >= 4 is 41.7 Å². The van der Waals surface area contributed by atoms with Crippen LogP contribution in [0.25, 0.3) is 0 Å². The van der Waals surface area contributed by atoms with Gasteiger partial charge in [0.1, 0.15) is 5.75 Å². The first kappa shape index (κ1) is 19.4. The van der Waals surface area contributed by atoms with Crippen LogP contribution in [0.1, 0.15) is 12.8 Å². The first-order chi connectivity index (χ1) is 11.2. The summed E-state index contributed by atoms with van der Waals surface area (Å²) < 4.78 is 51.6. The summed E-state index contributed by atoms with van der Waals surface area (Å²) in [6, 6.07) is 6.31. The fourth-order valence-electron chi connectivity index (χ4n) is 2.56. The molecule has 1 heterocycles. The number of piperidine rings is 1. The Hall–Kier alpha value is -0.970. The molecule has 0 aromatic heterocycles. The second-order valence-electron chi connectivity index (χ2n) is 5.54. The molecule has 1 aliphatic heterocycles. The van der Waals surface area contributed by atoms with Crippen molar-refractivity contribution in [3.8, 4) is 0 Å². The molecule has 0 atom stereocenters. The molecule has 2 rings (SSSR count). The van der Waals surface area contributed by atoms with Gasteiger partial charge in [-0.3, -0.25) is 4.79 Å². The third-order valence-electron chi connectivity index (χ3n) is 3.97. The van der Waals surface area contributed by atoms with Crippen molar-refractivity contribution in [2.24, 2.45) is 0 Å². The van der Waals surface area contributed by atoms with Gasteiger partial charge in [-0.2, -0.15) is 4.31 Å². The number of halogens is 1. The van der Waals surface area contributed by atoms with E-state index >= 15 is 0 Å². The molecule has 1 N–H and O–H groups in total. The van der Waals surface area contributed by atoms with Crippen LogP contribution in [0.15, 0.2) is 33.6 Å². The van der Waals surface area contributed by atoms with Gasteiger partial charge in [0.2, 0.25) is 15.9 Å². The van der Waals surface area contributed by atoms with Crippen LogP contribution in [0.5, 0.6) is 0 Å². The van der Waals surface area contributed by atoms with Crippen LogP contribution in [0.2, 0.25) is 0 Å². The van der Waals surface area contributed by atoms with E-state index in [4.69, 9.17) is 0 Å². The van der Waals surface area contributed by atoms with E-state index in [1.807, 2.05) is 0 Å². The molecule has 1 aromatic carbocycles. The summed E-state index contributed by atoms with van der Waals surface area (Å²) in [4.78, 5) is 11.5. The van der Waals surface area contributed by atoms with Gasteiger partial charge in [-0.25, -0.2) is 16.8 Å². The van der Waals surface area contributed by atoms with Gasteiger partial charge >= 0.3 is 0 Å². The standard InChI is InChI=1S/C14H19BrN2O5S2/c1-16-14(18)10-23(19,20)12-6-8-17(9-7-12)24(21,22)13-4-2-11(15)3-5-13/h2-5,12H,6-10H2,1H3,(H,16,18). The molecular formula is C14H19BrN2O5S2. The Balaban J connectivity index is 2.07. The lowest BCUT2D eigenvalue weighted by Crippen LogP contribution is -2.44. The number of amides is 1. The fourth-order valence-corrected chi connectivity index (χ4v) is 5.97. The molecule has 0 spiro atoms. The second-order valence-corrected chi connectivity index (χ2v) is 10.7. The Labute approximate surface area is 150 Å². The minimum Gasteiger partial charge on any atom is -0.358 e.